The molecule has 1 aromatic heterocycles. The number of nitrogens with zero attached hydrogens (tertiary/aromatic N) is 3. The average molecular weight is 406 g/mol. The molecule has 0 spiro atoms. The Labute approximate surface area is 165 Å². The molecule has 2 N–H and O–H groups in total. The van der Waals surface area contributed by atoms with Crippen LogP contribution in [-0.2, 0) is 14.8 Å². The Balaban J connectivity index is 1.89. The Hall–Kier alpha value is -2.26. The SMILES string of the molecule is CCC(CC)C(=O)N1C[C@@H](NS(C)(=O)=O)C[C@H]1c1nc(-c2ccccc2)n[nH]1. The lowest BCUT2D eigenvalue weighted by atomic mass is 10.0. The Bertz CT molecular complexity index is 909. The van der Waals surface area contributed by atoms with Crippen molar-refractivity contribution in [2.24, 2.45) is 5.92 Å². The van der Waals surface area contributed by atoms with Gasteiger partial charge in [-0.2, -0.15) is 5.10 Å². The molecule has 0 bridgehead atoms. The molecule has 0 aliphatic carbocycles. The zero-order valence-electron chi connectivity index (χ0n) is 16.4. The van der Waals surface area contributed by atoms with Crippen LogP contribution in [0.2, 0.25) is 0 Å². The fraction of sp³-hybridized carbons (Fsp3) is 0.526. The van der Waals surface area contributed by atoms with Gasteiger partial charge in [0, 0.05) is 24.1 Å². The van der Waals surface area contributed by atoms with Crippen molar-refractivity contribution in [2.75, 3.05) is 12.8 Å². The van der Waals surface area contributed by atoms with Gasteiger partial charge in [-0.3, -0.25) is 9.89 Å². The van der Waals surface area contributed by atoms with Crippen molar-refractivity contribution in [1.29, 1.82) is 0 Å². The molecule has 0 saturated carbocycles. The van der Waals surface area contributed by atoms with Crippen LogP contribution < -0.4 is 4.72 Å². The zero-order valence-corrected chi connectivity index (χ0v) is 17.2. The van der Waals surface area contributed by atoms with E-state index < -0.39 is 10.0 Å². The molecule has 8 nitrogen and oxygen atoms in total. The number of hydrogen-bond donors (Lipinski definition) is 2. The van der Waals surface area contributed by atoms with Gasteiger partial charge < -0.3 is 4.90 Å². The van der Waals surface area contributed by atoms with Crippen LogP contribution in [0.25, 0.3) is 11.4 Å². The molecule has 0 unspecified atom stereocenters. The van der Waals surface area contributed by atoms with E-state index in [1.165, 1.54) is 0 Å². The van der Waals surface area contributed by atoms with Crippen LogP contribution in [0.1, 0.15) is 45.0 Å². The smallest absolute Gasteiger partial charge is 0.226 e. The van der Waals surface area contributed by atoms with E-state index in [0.29, 0.717) is 24.6 Å². The van der Waals surface area contributed by atoms with E-state index >= 15 is 0 Å². The largest absolute Gasteiger partial charge is 0.331 e. The molecule has 1 fully saturated rings. The van der Waals surface area contributed by atoms with E-state index in [9.17, 15) is 13.2 Å². The maximum absolute atomic E-state index is 13.1. The summed E-state index contributed by atoms with van der Waals surface area (Å²) in [5.74, 6) is 1.09. The van der Waals surface area contributed by atoms with Crippen LogP contribution in [0, 0.1) is 5.92 Å². The topological polar surface area (TPSA) is 108 Å². The van der Waals surface area contributed by atoms with E-state index in [0.717, 1.165) is 24.7 Å². The summed E-state index contributed by atoms with van der Waals surface area (Å²) < 4.78 is 26.0. The molecule has 1 aromatic carbocycles. The first-order valence-corrected chi connectivity index (χ1v) is 11.5. The van der Waals surface area contributed by atoms with Gasteiger partial charge in [-0.25, -0.2) is 18.1 Å². The van der Waals surface area contributed by atoms with Crippen molar-refractivity contribution in [1.82, 2.24) is 24.8 Å². The lowest BCUT2D eigenvalue weighted by Gasteiger charge is -2.26. The maximum Gasteiger partial charge on any atom is 0.226 e. The number of H-pyrrole nitrogens is 1. The molecule has 152 valence electrons. The first-order valence-electron chi connectivity index (χ1n) is 9.57. The summed E-state index contributed by atoms with van der Waals surface area (Å²) in [5.41, 5.74) is 0.881. The van der Waals surface area contributed by atoms with E-state index in [4.69, 9.17) is 0 Å². The van der Waals surface area contributed by atoms with Crippen molar-refractivity contribution in [3.63, 3.8) is 0 Å². The fourth-order valence-corrected chi connectivity index (χ4v) is 4.52. The van der Waals surface area contributed by atoms with Crippen molar-refractivity contribution in [3.8, 4) is 11.4 Å². The van der Waals surface area contributed by atoms with Gasteiger partial charge in [-0.05, 0) is 19.3 Å². The summed E-state index contributed by atoms with van der Waals surface area (Å²) in [4.78, 5) is 19.4. The number of rotatable bonds is 7. The third-order valence-electron chi connectivity index (χ3n) is 5.15. The molecular weight excluding hydrogens is 378 g/mol. The number of aromatic amines is 1. The van der Waals surface area contributed by atoms with Crippen LogP contribution in [0.4, 0.5) is 0 Å². The number of aromatic nitrogens is 3. The first kappa shape index (κ1) is 20.5. The van der Waals surface area contributed by atoms with E-state index in [-0.39, 0.29) is 23.9 Å². The van der Waals surface area contributed by atoms with Crippen molar-refractivity contribution in [3.05, 3.63) is 36.2 Å². The first-order chi connectivity index (χ1) is 13.3. The molecule has 28 heavy (non-hydrogen) atoms. The molecule has 1 aliphatic heterocycles. The lowest BCUT2D eigenvalue weighted by Crippen LogP contribution is -2.40. The van der Waals surface area contributed by atoms with Gasteiger partial charge >= 0.3 is 0 Å². The van der Waals surface area contributed by atoms with Crippen LogP contribution >= 0.6 is 0 Å². The second-order valence-corrected chi connectivity index (χ2v) is 9.03. The lowest BCUT2D eigenvalue weighted by molar-refractivity contribution is -0.136. The molecule has 2 atom stereocenters. The maximum atomic E-state index is 13.1. The van der Waals surface area contributed by atoms with E-state index in [1.807, 2.05) is 44.2 Å². The number of amides is 1. The van der Waals surface area contributed by atoms with Gasteiger partial charge in [0.1, 0.15) is 5.82 Å². The highest BCUT2D eigenvalue weighted by Gasteiger charge is 2.40. The summed E-state index contributed by atoms with van der Waals surface area (Å²) >= 11 is 0. The Morgan fingerprint density at radius 3 is 2.57 bits per heavy atom. The monoisotopic (exact) mass is 405 g/mol. The quantitative estimate of drug-likeness (QED) is 0.733. The third-order valence-corrected chi connectivity index (χ3v) is 5.91. The number of nitrogens with one attached hydrogen (secondary N) is 2. The molecule has 1 aliphatic rings. The summed E-state index contributed by atoms with van der Waals surface area (Å²) in [6, 6.07) is 8.91. The minimum atomic E-state index is -3.37. The van der Waals surface area contributed by atoms with Gasteiger partial charge in [0.25, 0.3) is 0 Å². The molecule has 1 saturated heterocycles. The highest BCUT2D eigenvalue weighted by molar-refractivity contribution is 7.88. The van der Waals surface area contributed by atoms with Crippen molar-refractivity contribution >= 4 is 15.9 Å². The summed E-state index contributed by atoms with van der Waals surface area (Å²) in [5, 5.41) is 7.25. The van der Waals surface area contributed by atoms with Crippen LogP contribution in [0.15, 0.2) is 30.3 Å². The molecule has 2 aromatic rings. The fourth-order valence-electron chi connectivity index (χ4n) is 3.74. The molecule has 1 amide bonds. The summed E-state index contributed by atoms with van der Waals surface area (Å²) in [6.07, 6.45) is 3.08. The Kier molecular flexibility index (Phi) is 6.14. The highest BCUT2D eigenvalue weighted by Crippen LogP contribution is 2.33. The molecule has 0 radical (unpaired) electrons. The summed E-state index contributed by atoms with van der Waals surface area (Å²) in [6.45, 7) is 4.31. The highest BCUT2D eigenvalue weighted by atomic mass is 32.2. The molecule has 3 rings (SSSR count). The van der Waals surface area contributed by atoms with Gasteiger partial charge in [-0.15, -0.1) is 0 Å². The minimum absolute atomic E-state index is 0.0328. The van der Waals surface area contributed by atoms with E-state index in [2.05, 4.69) is 19.9 Å². The molecule has 9 heteroatoms. The predicted octanol–water partition coefficient (Wildman–Crippen LogP) is 2.10. The number of benzene rings is 1. The number of likely N-dealkylation sites (tertiary alicyclic amines) is 1. The predicted molar refractivity (Wildman–Crippen MR) is 107 cm³/mol. The van der Waals surface area contributed by atoms with Gasteiger partial charge in [0.05, 0.1) is 12.3 Å². The second kappa shape index (κ2) is 8.40. The van der Waals surface area contributed by atoms with Gasteiger partial charge in [0.2, 0.25) is 15.9 Å². The van der Waals surface area contributed by atoms with Crippen LogP contribution in [0.3, 0.4) is 0 Å². The second-order valence-electron chi connectivity index (χ2n) is 7.25. The Morgan fingerprint density at radius 1 is 1.29 bits per heavy atom. The standard InChI is InChI=1S/C19H27N5O3S/c1-4-13(5-2)19(25)24-12-15(23-28(3,26)27)11-16(24)18-20-17(21-22-18)14-9-7-6-8-10-14/h6-10,13,15-16,23H,4-5,11-12H2,1-3H3,(H,20,21,22)/t15-,16-/m0/s1. The minimum Gasteiger partial charge on any atom is -0.331 e. The summed E-state index contributed by atoms with van der Waals surface area (Å²) in [7, 11) is -3.37. The number of carbonyl (C=O) groups excluding carboxylic acids is 1. The number of sulfonamides is 1. The Morgan fingerprint density at radius 2 is 1.96 bits per heavy atom. The average Bonchev–Trinajstić information content (AvgIpc) is 3.29. The molecular formula is C19H27N5O3S. The van der Waals surface area contributed by atoms with E-state index in [1.54, 1.807) is 4.90 Å². The number of hydrogen-bond acceptors (Lipinski definition) is 5. The van der Waals surface area contributed by atoms with Crippen LogP contribution in [0.5, 0.6) is 0 Å². The van der Waals surface area contributed by atoms with Crippen LogP contribution in [-0.4, -0.2) is 53.2 Å². The number of carbonyl (C=O) groups is 1. The normalized spacial score (nSPS) is 20.1. The van der Waals surface area contributed by atoms with Crippen molar-refractivity contribution in [2.45, 2.75) is 45.2 Å². The zero-order chi connectivity index (χ0) is 20.3. The third kappa shape index (κ3) is 4.59. The van der Waals surface area contributed by atoms with Crippen molar-refractivity contribution < 1.29 is 13.2 Å². The van der Waals surface area contributed by atoms with Gasteiger partial charge in [-0.1, -0.05) is 44.2 Å². The molecule has 2 heterocycles. The van der Waals surface area contributed by atoms with Gasteiger partial charge in [0.15, 0.2) is 5.82 Å².